The Bertz CT molecular complexity index is 334. The fourth-order valence-corrected chi connectivity index (χ4v) is 2.09. The molecule has 0 unspecified atom stereocenters. The molecular formula is C12H18O2S. The van der Waals surface area contributed by atoms with E-state index in [-0.39, 0.29) is 11.2 Å². The Labute approximate surface area is 95.3 Å². The minimum atomic E-state index is 0.191. The average molecular weight is 226 g/mol. The summed E-state index contributed by atoms with van der Waals surface area (Å²) >= 11 is 1.46. The van der Waals surface area contributed by atoms with Gasteiger partial charge in [0.05, 0.1) is 7.11 Å². The summed E-state index contributed by atoms with van der Waals surface area (Å²) in [6.45, 7) is 6.43. The molecule has 0 saturated heterocycles. The van der Waals surface area contributed by atoms with Crippen LogP contribution in [0.25, 0.3) is 0 Å². The third kappa shape index (κ3) is 3.67. The van der Waals surface area contributed by atoms with Crippen LogP contribution in [0, 0.1) is 5.41 Å². The van der Waals surface area contributed by atoms with Crippen molar-refractivity contribution in [1.29, 1.82) is 0 Å². The van der Waals surface area contributed by atoms with Gasteiger partial charge in [0, 0.05) is 6.42 Å². The summed E-state index contributed by atoms with van der Waals surface area (Å²) in [5.74, 6) is 0.899. The topological polar surface area (TPSA) is 26.3 Å². The van der Waals surface area contributed by atoms with E-state index in [0.29, 0.717) is 12.2 Å². The van der Waals surface area contributed by atoms with Gasteiger partial charge in [0.2, 0.25) is 0 Å². The maximum absolute atomic E-state index is 11.9. The second kappa shape index (κ2) is 4.79. The van der Waals surface area contributed by atoms with Gasteiger partial charge in [0.15, 0.2) is 5.78 Å². The summed E-state index contributed by atoms with van der Waals surface area (Å²) < 4.78 is 5.13. The Morgan fingerprint density at radius 3 is 2.67 bits per heavy atom. The number of hydrogen-bond donors (Lipinski definition) is 0. The van der Waals surface area contributed by atoms with Crippen LogP contribution in [-0.2, 0) is 0 Å². The van der Waals surface area contributed by atoms with E-state index in [1.165, 1.54) is 11.3 Å². The van der Waals surface area contributed by atoms with Crippen molar-refractivity contribution in [2.75, 3.05) is 7.11 Å². The van der Waals surface area contributed by atoms with Crippen LogP contribution in [-0.4, -0.2) is 12.9 Å². The molecule has 0 saturated carbocycles. The van der Waals surface area contributed by atoms with Crippen LogP contribution in [0.5, 0.6) is 5.75 Å². The number of thiophene rings is 1. The highest BCUT2D eigenvalue weighted by Gasteiger charge is 2.17. The number of carbonyl (C=O) groups is 1. The first-order valence-corrected chi connectivity index (χ1v) is 5.97. The minimum Gasteiger partial charge on any atom is -0.495 e. The molecule has 0 bridgehead atoms. The van der Waals surface area contributed by atoms with Crippen LogP contribution in [0.4, 0.5) is 0 Å². The zero-order valence-electron chi connectivity index (χ0n) is 9.79. The van der Waals surface area contributed by atoms with Gasteiger partial charge in [0.1, 0.15) is 10.6 Å². The predicted octanol–water partition coefficient (Wildman–Crippen LogP) is 3.77. The lowest BCUT2D eigenvalue weighted by atomic mass is 9.89. The molecule has 0 amide bonds. The highest BCUT2D eigenvalue weighted by atomic mass is 32.1. The van der Waals surface area contributed by atoms with Crippen molar-refractivity contribution in [2.45, 2.75) is 33.6 Å². The molecule has 1 aromatic rings. The molecule has 1 heterocycles. The Hall–Kier alpha value is -0.830. The van der Waals surface area contributed by atoms with Gasteiger partial charge in [-0.15, -0.1) is 11.3 Å². The van der Waals surface area contributed by atoms with Gasteiger partial charge < -0.3 is 4.74 Å². The van der Waals surface area contributed by atoms with Crippen molar-refractivity contribution in [1.82, 2.24) is 0 Å². The number of ketones is 1. The fraction of sp³-hybridized carbons (Fsp3) is 0.583. The molecular weight excluding hydrogens is 208 g/mol. The van der Waals surface area contributed by atoms with Gasteiger partial charge in [-0.1, -0.05) is 20.8 Å². The molecule has 84 valence electrons. The molecule has 0 aromatic carbocycles. The van der Waals surface area contributed by atoms with E-state index >= 15 is 0 Å². The van der Waals surface area contributed by atoms with E-state index in [1.807, 2.05) is 11.4 Å². The Morgan fingerprint density at radius 1 is 1.47 bits per heavy atom. The van der Waals surface area contributed by atoms with Gasteiger partial charge in [-0.05, 0) is 23.3 Å². The monoisotopic (exact) mass is 226 g/mol. The van der Waals surface area contributed by atoms with Crippen molar-refractivity contribution in [3.05, 3.63) is 16.3 Å². The van der Waals surface area contributed by atoms with Gasteiger partial charge in [-0.25, -0.2) is 0 Å². The molecule has 0 aliphatic rings. The first kappa shape index (κ1) is 12.2. The van der Waals surface area contributed by atoms with E-state index in [0.717, 1.165) is 11.3 Å². The quantitative estimate of drug-likeness (QED) is 0.731. The van der Waals surface area contributed by atoms with Crippen molar-refractivity contribution >= 4 is 17.1 Å². The zero-order chi connectivity index (χ0) is 11.5. The van der Waals surface area contributed by atoms with Crippen LogP contribution in [0.2, 0.25) is 0 Å². The fourth-order valence-electron chi connectivity index (χ4n) is 1.26. The molecule has 0 spiro atoms. The number of ether oxygens (including phenoxy) is 1. The number of Topliss-reactive ketones (excluding diaryl/α,β-unsaturated/α-hetero) is 1. The lowest BCUT2D eigenvalue weighted by molar-refractivity contribution is 0.0967. The van der Waals surface area contributed by atoms with E-state index in [9.17, 15) is 4.79 Å². The van der Waals surface area contributed by atoms with E-state index in [4.69, 9.17) is 4.74 Å². The van der Waals surface area contributed by atoms with Gasteiger partial charge in [-0.3, -0.25) is 4.79 Å². The highest BCUT2D eigenvalue weighted by molar-refractivity contribution is 7.12. The third-order valence-electron chi connectivity index (χ3n) is 2.20. The molecule has 15 heavy (non-hydrogen) atoms. The molecule has 2 nitrogen and oxygen atoms in total. The van der Waals surface area contributed by atoms with Crippen molar-refractivity contribution in [3.63, 3.8) is 0 Å². The van der Waals surface area contributed by atoms with Gasteiger partial charge in [0.25, 0.3) is 0 Å². The molecule has 0 aliphatic carbocycles. The average Bonchev–Trinajstić information content (AvgIpc) is 2.60. The first-order valence-electron chi connectivity index (χ1n) is 5.09. The summed E-state index contributed by atoms with van der Waals surface area (Å²) in [6, 6.07) is 1.84. The SMILES string of the molecule is COc1ccsc1C(=O)CCC(C)(C)C. The number of carbonyl (C=O) groups excluding carboxylic acids is 1. The van der Waals surface area contributed by atoms with Gasteiger partial charge in [-0.2, -0.15) is 0 Å². The summed E-state index contributed by atoms with van der Waals surface area (Å²) in [6.07, 6.45) is 1.51. The molecule has 1 aromatic heterocycles. The Kier molecular flexibility index (Phi) is 3.91. The maximum atomic E-state index is 11.9. The Morgan fingerprint density at radius 2 is 2.13 bits per heavy atom. The van der Waals surface area contributed by atoms with Crippen LogP contribution in [0.3, 0.4) is 0 Å². The van der Waals surface area contributed by atoms with E-state index < -0.39 is 0 Å². The van der Waals surface area contributed by atoms with Gasteiger partial charge >= 0.3 is 0 Å². The van der Waals surface area contributed by atoms with E-state index in [2.05, 4.69) is 20.8 Å². The highest BCUT2D eigenvalue weighted by Crippen LogP contribution is 2.28. The standard InChI is InChI=1S/C12H18O2S/c1-12(2,3)7-5-9(13)11-10(14-4)6-8-15-11/h6,8H,5,7H2,1-4H3. The molecule has 0 aliphatic heterocycles. The summed E-state index contributed by atoms with van der Waals surface area (Å²) in [5.41, 5.74) is 0.208. The summed E-state index contributed by atoms with van der Waals surface area (Å²) in [5, 5.41) is 1.89. The zero-order valence-corrected chi connectivity index (χ0v) is 10.6. The number of methoxy groups -OCH3 is 1. The van der Waals surface area contributed by atoms with Crippen molar-refractivity contribution < 1.29 is 9.53 Å². The lowest BCUT2D eigenvalue weighted by Gasteiger charge is -2.16. The minimum absolute atomic E-state index is 0.191. The predicted molar refractivity (Wildman–Crippen MR) is 63.9 cm³/mol. The van der Waals surface area contributed by atoms with Crippen LogP contribution >= 0.6 is 11.3 Å². The third-order valence-corrected chi connectivity index (χ3v) is 3.14. The summed E-state index contributed by atoms with van der Waals surface area (Å²) in [4.78, 5) is 12.6. The smallest absolute Gasteiger partial charge is 0.176 e. The normalized spacial score (nSPS) is 11.5. The number of rotatable bonds is 4. The largest absolute Gasteiger partial charge is 0.495 e. The van der Waals surface area contributed by atoms with Crippen LogP contribution in [0.15, 0.2) is 11.4 Å². The lowest BCUT2D eigenvalue weighted by Crippen LogP contribution is -2.08. The van der Waals surface area contributed by atoms with Crippen LogP contribution < -0.4 is 4.74 Å². The molecule has 0 atom stereocenters. The molecule has 0 fully saturated rings. The van der Waals surface area contributed by atoms with E-state index in [1.54, 1.807) is 7.11 Å². The maximum Gasteiger partial charge on any atom is 0.176 e. The van der Waals surface area contributed by atoms with Crippen LogP contribution in [0.1, 0.15) is 43.3 Å². The molecule has 0 N–H and O–H groups in total. The van der Waals surface area contributed by atoms with Crippen molar-refractivity contribution in [3.8, 4) is 5.75 Å². The first-order chi connectivity index (χ1) is 6.94. The molecule has 3 heteroatoms. The molecule has 0 radical (unpaired) electrons. The second-order valence-corrected chi connectivity index (χ2v) is 5.72. The van der Waals surface area contributed by atoms with Crippen molar-refractivity contribution in [2.24, 2.45) is 5.41 Å². The Balaban J connectivity index is 2.62. The molecule has 1 rings (SSSR count). The second-order valence-electron chi connectivity index (χ2n) is 4.80. The number of hydrogen-bond acceptors (Lipinski definition) is 3. The summed E-state index contributed by atoms with van der Waals surface area (Å²) in [7, 11) is 1.60.